The van der Waals surface area contributed by atoms with E-state index in [2.05, 4.69) is 10.6 Å². The summed E-state index contributed by atoms with van der Waals surface area (Å²) in [5.74, 6) is -0.0536. The van der Waals surface area contributed by atoms with Gasteiger partial charge in [-0.05, 0) is 26.3 Å². The van der Waals surface area contributed by atoms with Crippen LogP contribution in [0.4, 0.5) is 0 Å². The highest BCUT2D eigenvalue weighted by Crippen LogP contribution is 2.18. The molecule has 0 spiro atoms. The van der Waals surface area contributed by atoms with Gasteiger partial charge in [-0.15, -0.1) is 0 Å². The van der Waals surface area contributed by atoms with Gasteiger partial charge in [0, 0.05) is 12.1 Å². The van der Waals surface area contributed by atoms with Crippen molar-refractivity contribution in [3.8, 4) is 0 Å². The van der Waals surface area contributed by atoms with Gasteiger partial charge in [0.15, 0.2) is 0 Å². The minimum Gasteiger partial charge on any atom is -0.351 e. The van der Waals surface area contributed by atoms with Crippen LogP contribution in [0.3, 0.4) is 0 Å². The molecule has 0 heterocycles. The van der Waals surface area contributed by atoms with E-state index in [-0.39, 0.29) is 18.5 Å². The van der Waals surface area contributed by atoms with E-state index in [0.717, 1.165) is 12.8 Å². The van der Waals surface area contributed by atoms with Crippen molar-refractivity contribution in [2.24, 2.45) is 5.73 Å². The number of hydrogen-bond donors (Lipinski definition) is 3. The smallest absolute Gasteiger partial charge is 0.234 e. The lowest BCUT2D eigenvalue weighted by molar-refractivity contribution is -0.120. The predicted molar refractivity (Wildman–Crippen MR) is 47.7 cm³/mol. The van der Waals surface area contributed by atoms with Crippen LogP contribution >= 0.6 is 0 Å². The summed E-state index contributed by atoms with van der Waals surface area (Å²) in [6, 6.07) is 0.714. The summed E-state index contributed by atoms with van der Waals surface area (Å²) >= 11 is 0. The standard InChI is InChI=1S/C8H17N3O/c1-10-6-3-2-4-7(6)11-8(12)5-9/h6-7,10H,2-5,9H2,1H3,(H,11,12). The normalized spacial score (nSPS) is 28.8. The Balaban J connectivity index is 2.35. The molecule has 4 N–H and O–H groups in total. The van der Waals surface area contributed by atoms with Gasteiger partial charge in [-0.25, -0.2) is 0 Å². The lowest BCUT2D eigenvalue weighted by Gasteiger charge is -2.19. The number of nitrogens with one attached hydrogen (secondary N) is 2. The van der Waals surface area contributed by atoms with Crippen molar-refractivity contribution in [1.82, 2.24) is 10.6 Å². The monoisotopic (exact) mass is 171 g/mol. The summed E-state index contributed by atoms with van der Waals surface area (Å²) in [7, 11) is 1.93. The fraction of sp³-hybridized carbons (Fsp3) is 0.875. The second kappa shape index (κ2) is 4.42. The van der Waals surface area contributed by atoms with Gasteiger partial charge in [0.25, 0.3) is 0 Å². The number of rotatable bonds is 3. The number of carbonyl (C=O) groups is 1. The van der Waals surface area contributed by atoms with E-state index in [1.807, 2.05) is 7.05 Å². The van der Waals surface area contributed by atoms with Crippen LogP contribution in [0, 0.1) is 0 Å². The largest absolute Gasteiger partial charge is 0.351 e. The molecule has 12 heavy (non-hydrogen) atoms. The maximum Gasteiger partial charge on any atom is 0.234 e. The number of hydrogen-bond acceptors (Lipinski definition) is 3. The molecule has 0 aliphatic heterocycles. The molecule has 0 radical (unpaired) electrons. The molecule has 0 aromatic rings. The molecular weight excluding hydrogens is 154 g/mol. The van der Waals surface area contributed by atoms with Crippen molar-refractivity contribution in [3.63, 3.8) is 0 Å². The van der Waals surface area contributed by atoms with Crippen LogP contribution in [-0.4, -0.2) is 31.6 Å². The van der Waals surface area contributed by atoms with Crippen molar-refractivity contribution < 1.29 is 4.79 Å². The third kappa shape index (κ3) is 2.19. The van der Waals surface area contributed by atoms with Crippen LogP contribution in [0.5, 0.6) is 0 Å². The zero-order valence-electron chi connectivity index (χ0n) is 7.47. The van der Waals surface area contributed by atoms with E-state index in [4.69, 9.17) is 5.73 Å². The van der Waals surface area contributed by atoms with E-state index in [1.54, 1.807) is 0 Å². The van der Waals surface area contributed by atoms with Crippen LogP contribution in [0.25, 0.3) is 0 Å². The molecule has 0 aromatic carbocycles. The van der Waals surface area contributed by atoms with Gasteiger partial charge in [0.05, 0.1) is 6.54 Å². The van der Waals surface area contributed by atoms with Gasteiger partial charge in [-0.1, -0.05) is 0 Å². The maximum absolute atomic E-state index is 11.0. The summed E-state index contributed by atoms with van der Waals surface area (Å²) in [5, 5.41) is 6.09. The molecule has 1 fully saturated rings. The first kappa shape index (κ1) is 9.48. The molecule has 2 atom stereocenters. The molecule has 4 heteroatoms. The van der Waals surface area contributed by atoms with Crippen molar-refractivity contribution in [1.29, 1.82) is 0 Å². The summed E-state index contributed by atoms with van der Waals surface area (Å²) < 4.78 is 0. The molecule has 0 saturated heterocycles. The second-order valence-corrected chi connectivity index (χ2v) is 3.20. The Labute approximate surface area is 72.9 Å². The van der Waals surface area contributed by atoms with Crippen molar-refractivity contribution >= 4 is 5.91 Å². The van der Waals surface area contributed by atoms with Crippen LogP contribution in [0.2, 0.25) is 0 Å². The Morgan fingerprint density at radius 1 is 1.50 bits per heavy atom. The lowest BCUT2D eigenvalue weighted by Crippen LogP contribution is -2.47. The van der Waals surface area contributed by atoms with Gasteiger partial charge in [-0.2, -0.15) is 0 Å². The van der Waals surface area contributed by atoms with Crippen molar-refractivity contribution in [3.05, 3.63) is 0 Å². The van der Waals surface area contributed by atoms with E-state index < -0.39 is 0 Å². The Morgan fingerprint density at radius 3 is 2.75 bits per heavy atom. The third-order valence-corrected chi connectivity index (χ3v) is 2.42. The number of likely N-dealkylation sites (N-methyl/N-ethyl adjacent to an activating group) is 1. The van der Waals surface area contributed by atoms with Crippen molar-refractivity contribution in [2.75, 3.05) is 13.6 Å². The van der Waals surface area contributed by atoms with Crippen molar-refractivity contribution in [2.45, 2.75) is 31.3 Å². The van der Waals surface area contributed by atoms with Crippen LogP contribution in [-0.2, 0) is 4.79 Å². The Morgan fingerprint density at radius 2 is 2.17 bits per heavy atom. The molecule has 0 bridgehead atoms. The first-order valence-corrected chi connectivity index (χ1v) is 4.44. The van der Waals surface area contributed by atoms with Gasteiger partial charge >= 0.3 is 0 Å². The lowest BCUT2D eigenvalue weighted by atomic mass is 10.2. The summed E-state index contributed by atoms with van der Waals surface area (Å²) in [4.78, 5) is 11.0. The molecule has 0 aromatic heterocycles. The average Bonchev–Trinajstić information content (AvgIpc) is 2.51. The fourth-order valence-corrected chi connectivity index (χ4v) is 1.74. The zero-order chi connectivity index (χ0) is 8.97. The SMILES string of the molecule is CNC1CCCC1NC(=O)CN. The van der Waals surface area contributed by atoms with E-state index in [9.17, 15) is 4.79 Å². The minimum atomic E-state index is -0.0536. The first-order valence-electron chi connectivity index (χ1n) is 4.44. The van der Waals surface area contributed by atoms with Gasteiger partial charge in [0.2, 0.25) is 5.91 Å². The number of amides is 1. The third-order valence-electron chi connectivity index (χ3n) is 2.42. The molecule has 1 rings (SSSR count). The molecule has 70 valence electrons. The molecule has 1 aliphatic rings. The Hall–Kier alpha value is -0.610. The summed E-state index contributed by atoms with van der Waals surface area (Å²) in [6.07, 6.45) is 3.39. The predicted octanol–water partition coefficient (Wildman–Crippen LogP) is -0.798. The highest BCUT2D eigenvalue weighted by Gasteiger charge is 2.26. The highest BCUT2D eigenvalue weighted by molar-refractivity contribution is 5.78. The van der Waals surface area contributed by atoms with Crippen LogP contribution in [0.1, 0.15) is 19.3 Å². The highest BCUT2D eigenvalue weighted by atomic mass is 16.1. The molecule has 4 nitrogen and oxygen atoms in total. The van der Waals surface area contributed by atoms with Crippen LogP contribution < -0.4 is 16.4 Å². The summed E-state index contributed by atoms with van der Waals surface area (Å²) in [6.45, 7) is 0.0902. The molecule has 2 unspecified atom stereocenters. The van der Waals surface area contributed by atoms with Crippen LogP contribution in [0.15, 0.2) is 0 Å². The number of nitrogens with two attached hydrogens (primary N) is 1. The van der Waals surface area contributed by atoms with Gasteiger partial charge < -0.3 is 16.4 Å². The van der Waals surface area contributed by atoms with E-state index in [1.165, 1.54) is 6.42 Å². The van der Waals surface area contributed by atoms with E-state index >= 15 is 0 Å². The fourth-order valence-electron chi connectivity index (χ4n) is 1.74. The molecule has 1 aliphatic carbocycles. The number of carbonyl (C=O) groups excluding carboxylic acids is 1. The molecule has 1 amide bonds. The molecular formula is C8H17N3O. The van der Waals surface area contributed by atoms with Gasteiger partial charge in [-0.3, -0.25) is 4.79 Å². The Kier molecular flexibility index (Phi) is 3.49. The maximum atomic E-state index is 11.0. The minimum absolute atomic E-state index is 0.0536. The first-order chi connectivity index (χ1) is 5.77. The summed E-state index contributed by atoms with van der Waals surface area (Å²) in [5.41, 5.74) is 5.20. The average molecular weight is 171 g/mol. The topological polar surface area (TPSA) is 67.1 Å². The van der Waals surface area contributed by atoms with Gasteiger partial charge in [0.1, 0.15) is 0 Å². The second-order valence-electron chi connectivity index (χ2n) is 3.20. The zero-order valence-corrected chi connectivity index (χ0v) is 7.47. The van der Waals surface area contributed by atoms with E-state index in [0.29, 0.717) is 6.04 Å². The quantitative estimate of drug-likeness (QED) is 0.521. The molecule has 1 saturated carbocycles. The Bertz CT molecular complexity index is 160.